The highest BCUT2D eigenvalue weighted by Gasteiger charge is 2.65. The molecule has 4 atom stereocenters. The van der Waals surface area contributed by atoms with Gasteiger partial charge in [0.2, 0.25) is 5.72 Å². The van der Waals surface area contributed by atoms with E-state index in [2.05, 4.69) is 70.3 Å². The predicted molar refractivity (Wildman–Crippen MR) is 153 cm³/mol. The summed E-state index contributed by atoms with van der Waals surface area (Å²) < 4.78 is 58.7. The van der Waals surface area contributed by atoms with Crippen LogP contribution in [0.25, 0.3) is 11.2 Å². The van der Waals surface area contributed by atoms with Crippen LogP contribution in [-0.4, -0.2) is 87.9 Å². The van der Waals surface area contributed by atoms with E-state index in [-0.39, 0.29) is 45.8 Å². The van der Waals surface area contributed by atoms with Crippen molar-refractivity contribution in [2.45, 2.75) is 102 Å². The van der Waals surface area contributed by atoms with Gasteiger partial charge in [-0.25, -0.2) is 15.0 Å². The molecule has 0 radical (unpaired) electrons. The second-order valence-corrected chi connectivity index (χ2v) is 22.5. The standard InChI is InChI=1S/C24H43N5O8SSi2/c1-14(2)39(15(3)4)34-10-18-20(36-40(37-39,16(5)6)17(7)8)21(30)24(35-18,11-33-38(9,31)32)29-13-28-19-22(25)26-12-27-23(19)29/h12-18,20-21,30H,10-11H2,1-9H3,(H2,25,26,27)/t18-,20-,21-,24-/m1/s1. The molecule has 2 saturated heterocycles. The molecule has 40 heavy (non-hydrogen) atoms. The summed E-state index contributed by atoms with van der Waals surface area (Å²) in [6.45, 7) is 16.3. The molecule has 16 heteroatoms. The number of aliphatic hydroxyl groups is 1. The Balaban J connectivity index is 1.91. The van der Waals surface area contributed by atoms with Gasteiger partial charge in [-0.3, -0.25) is 8.75 Å². The van der Waals surface area contributed by atoms with Crippen molar-refractivity contribution < 1.29 is 35.4 Å². The number of hydrogen-bond acceptors (Lipinski definition) is 12. The molecule has 0 aromatic carbocycles. The van der Waals surface area contributed by atoms with Crippen molar-refractivity contribution in [3.8, 4) is 0 Å². The van der Waals surface area contributed by atoms with Gasteiger partial charge in [-0.15, -0.1) is 0 Å². The van der Waals surface area contributed by atoms with E-state index in [1.54, 1.807) is 0 Å². The molecule has 3 N–H and O–H groups in total. The lowest BCUT2D eigenvalue weighted by Gasteiger charge is -2.51. The predicted octanol–water partition coefficient (Wildman–Crippen LogP) is 2.75. The zero-order chi connectivity index (χ0) is 29.8. The Morgan fingerprint density at radius 2 is 1.68 bits per heavy atom. The summed E-state index contributed by atoms with van der Waals surface area (Å²) in [5.41, 5.74) is 5.01. The summed E-state index contributed by atoms with van der Waals surface area (Å²) in [5, 5.41) is 12.1. The van der Waals surface area contributed by atoms with Crippen LogP contribution in [0.1, 0.15) is 55.4 Å². The molecule has 226 valence electrons. The molecule has 4 heterocycles. The maximum Gasteiger partial charge on any atom is 0.335 e. The Kier molecular flexibility index (Phi) is 8.61. The zero-order valence-corrected chi connectivity index (χ0v) is 27.5. The molecule has 4 rings (SSSR count). The monoisotopic (exact) mass is 617 g/mol. The maximum atomic E-state index is 12.2. The van der Waals surface area contributed by atoms with Crippen LogP contribution in [-0.2, 0) is 37.7 Å². The van der Waals surface area contributed by atoms with Gasteiger partial charge in [0.15, 0.2) is 11.5 Å². The summed E-state index contributed by atoms with van der Waals surface area (Å²) >= 11 is 0. The SMILES string of the molecule is CC(C)[Si]1(C(C)C)OC[C@H]2O[C@@](COS(C)(=O)=O)(n3cnc4c(N)ncnc43)[C@H](O)[C@@H]2O[Si](C(C)C)(C(C)C)O1. The second-order valence-electron chi connectivity index (χ2n) is 12.0. The number of hydrogen-bond donors (Lipinski definition) is 2. The van der Waals surface area contributed by atoms with Gasteiger partial charge < -0.3 is 28.5 Å². The Hall–Kier alpha value is -1.51. The van der Waals surface area contributed by atoms with E-state index in [0.29, 0.717) is 0 Å². The molecule has 0 bridgehead atoms. The number of rotatable bonds is 8. The zero-order valence-electron chi connectivity index (χ0n) is 24.7. The molecule has 0 aliphatic carbocycles. The first-order valence-corrected chi connectivity index (χ1v) is 19.4. The second kappa shape index (κ2) is 11.0. The van der Waals surface area contributed by atoms with Crippen molar-refractivity contribution in [1.82, 2.24) is 19.5 Å². The van der Waals surface area contributed by atoms with E-state index in [1.165, 1.54) is 17.2 Å². The normalized spacial score (nSPS) is 28.9. The van der Waals surface area contributed by atoms with Crippen LogP contribution in [0.4, 0.5) is 5.82 Å². The van der Waals surface area contributed by atoms with Gasteiger partial charge in [-0.2, -0.15) is 8.42 Å². The first-order valence-electron chi connectivity index (χ1n) is 13.7. The molecule has 0 spiro atoms. The third kappa shape index (κ3) is 5.15. The molecule has 2 aliphatic heterocycles. The van der Waals surface area contributed by atoms with Crippen molar-refractivity contribution in [3.05, 3.63) is 12.7 Å². The summed E-state index contributed by atoms with van der Waals surface area (Å²) in [6, 6.07) is 0. The molecular formula is C24H43N5O8SSi2. The average molecular weight is 618 g/mol. The minimum atomic E-state index is -3.93. The summed E-state index contributed by atoms with van der Waals surface area (Å²) in [6.07, 6.45) is 0.495. The number of aliphatic hydroxyl groups excluding tert-OH is 1. The highest BCUT2D eigenvalue weighted by Crippen LogP contribution is 2.50. The van der Waals surface area contributed by atoms with Crippen molar-refractivity contribution in [2.75, 3.05) is 25.2 Å². The van der Waals surface area contributed by atoms with E-state index in [9.17, 15) is 13.5 Å². The molecule has 0 unspecified atom stereocenters. The number of aromatic nitrogens is 4. The van der Waals surface area contributed by atoms with Gasteiger partial charge in [0.05, 0.1) is 19.2 Å². The van der Waals surface area contributed by atoms with E-state index in [1.807, 2.05) is 0 Å². The van der Waals surface area contributed by atoms with Gasteiger partial charge in [0, 0.05) is 0 Å². The number of imidazole rings is 1. The summed E-state index contributed by atoms with van der Waals surface area (Å²) in [4.78, 5) is 12.6. The van der Waals surface area contributed by atoms with Crippen LogP contribution in [0.2, 0.25) is 22.2 Å². The van der Waals surface area contributed by atoms with Gasteiger partial charge in [0.1, 0.15) is 36.8 Å². The number of nitrogens with zero attached hydrogens (tertiary/aromatic N) is 4. The lowest BCUT2D eigenvalue weighted by Crippen LogP contribution is -2.66. The summed E-state index contributed by atoms with van der Waals surface area (Å²) in [5.74, 6) is 0.130. The van der Waals surface area contributed by atoms with E-state index >= 15 is 0 Å². The van der Waals surface area contributed by atoms with Crippen molar-refractivity contribution in [1.29, 1.82) is 0 Å². The van der Waals surface area contributed by atoms with Gasteiger partial charge in [0.25, 0.3) is 10.1 Å². The lowest BCUT2D eigenvalue weighted by atomic mass is 10.0. The Morgan fingerprint density at radius 1 is 1.07 bits per heavy atom. The molecule has 2 aromatic rings. The average Bonchev–Trinajstić information content (AvgIpc) is 3.38. The van der Waals surface area contributed by atoms with Gasteiger partial charge in [-0.05, 0) is 22.2 Å². The van der Waals surface area contributed by atoms with E-state index in [0.717, 1.165) is 6.26 Å². The topological polar surface area (TPSA) is 170 Å². The van der Waals surface area contributed by atoms with Crippen molar-refractivity contribution in [3.63, 3.8) is 0 Å². The minimum absolute atomic E-state index is 0.00955. The quantitative estimate of drug-likeness (QED) is 0.328. The van der Waals surface area contributed by atoms with Crippen molar-refractivity contribution >= 4 is 44.2 Å². The third-order valence-corrected chi connectivity index (χ3v) is 18.9. The van der Waals surface area contributed by atoms with Crippen molar-refractivity contribution in [2.24, 2.45) is 0 Å². The van der Waals surface area contributed by atoms with Crippen LogP contribution in [0.5, 0.6) is 0 Å². The van der Waals surface area contributed by atoms with Crippen LogP contribution < -0.4 is 5.73 Å². The fraction of sp³-hybridized carbons (Fsp3) is 0.792. The largest absolute Gasteiger partial charge is 0.414 e. The molecular weight excluding hydrogens is 575 g/mol. The highest BCUT2D eigenvalue weighted by atomic mass is 32.2. The Labute approximate surface area is 238 Å². The molecule has 2 aliphatic rings. The lowest BCUT2D eigenvalue weighted by molar-refractivity contribution is -0.163. The first kappa shape index (κ1) is 31.4. The van der Waals surface area contributed by atoms with Crippen LogP contribution >= 0.6 is 0 Å². The molecule has 13 nitrogen and oxygen atoms in total. The smallest absolute Gasteiger partial charge is 0.335 e. The molecule has 0 saturated carbocycles. The van der Waals surface area contributed by atoms with Gasteiger partial charge in [-0.1, -0.05) is 55.4 Å². The Morgan fingerprint density at radius 3 is 2.23 bits per heavy atom. The maximum absolute atomic E-state index is 12.2. The summed E-state index contributed by atoms with van der Waals surface area (Å²) in [7, 11) is -9.92. The molecule has 0 amide bonds. The number of anilines is 1. The molecule has 2 fully saturated rings. The highest BCUT2D eigenvalue weighted by molar-refractivity contribution is 7.85. The van der Waals surface area contributed by atoms with Gasteiger partial charge >= 0.3 is 17.1 Å². The Bertz CT molecular complexity index is 1310. The molecule has 2 aromatic heterocycles. The first-order chi connectivity index (χ1) is 18.5. The van der Waals surface area contributed by atoms with E-state index in [4.69, 9.17) is 27.6 Å². The fourth-order valence-corrected chi connectivity index (χ4v) is 17.6. The number of ether oxygens (including phenoxy) is 1. The van der Waals surface area contributed by atoms with E-state index < -0.39 is 57.9 Å². The van der Waals surface area contributed by atoms with Crippen LogP contribution in [0.3, 0.4) is 0 Å². The van der Waals surface area contributed by atoms with Crippen LogP contribution in [0, 0.1) is 0 Å². The minimum Gasteiger partial charge on any atom is -0.414 e. The number of nitrogen functional groups attached to an aromatic ring is 1. The van der Waals surface area contributed by atoms with Crippen LogP contribution in [0.15, 0.2) is 12.7 Å². The number of fused-ring (bicyclic) bond motifs is 2. The number of nitrogens with two attached hydrogens (primary N) is 1. The fourth-order valence-electron chi connectivity index (χ4n) is 5.98. The third-order valence-electron chi connectivity index (χ3n) is 8.08.